The predicted molar refractivity (Wildman–Crippen MR) is 172 cm³/mol. The van der Waals surface area contributed by atoms with Gasteiger partial charge in [-0.25, -0.2) is 14.4 Å². The Morgan fingerprint density at radius 1 is 0.488 bits per heavy atom. The molecule has 0 unspecified atom stereocenters. The van der Waals surface area contributed by atoms with Crippen LogP contribution in [0, 0.1) is 5.82 Å². The van der Waals surface area contributed by atoms with Gasteiger partial charge >= 0.3 is 0 Å². The first-order chi connectivity index (χ1) is 21.2. The molecule has 0 N–H and O–H groups in total. The summed E-state index contributed by atoms with van der Waals surface area (Å²) in [7, 11) is 0. The molecule has 9 rings (SSSR count). The average Bonchev–Trinajstić information content (AvgIpc) is 3.59. The van der Waals surface area contributed by atoms with Gasteiger partial charge in [-0.15, -0.1) is 0 Å². The van der Waals surface area contributed by atoms with Crippen LogP contribution in [0.4, 0.5) is 4.39 Å². The van der Waals surface area contributed by atoms with Crippen molar-refractivity contribution in [2.75, 3.05) is 0 Å². The lowest BCUT2D eigenvalue weighted by Crippen LogP contribution is -2.03. The molecular weight excluding hydrogens is 533 g/mol. The van der Waals surface area contributed by atoms with E-state index in [9.17, 15) is 4.39 Å². The minimum atomic E-state index is -0.279. The Morgan fingerprint density at radius 2 is 1.14 bits per heavy atom. The van der Waals surface area contributed by atoms with Gasteiger partial charge in [-0.1, -0.05) is 72.8 Å². The number of halogens is 1. The highest BCUT2D eigenvalue weighted by Gasteiger charge is 2.18. The molecule has 0 spiro atoms. The highest BCUT2D eigenvalue weighted by molar-refractivity contribution is 6.11. The molecule has 9 aromatic rings. The van der Waals surface area contributed by atoms with Crippen LogP contribution in [0.15, 0.2) is 138 Å². The molecule has 0 saturated carbocycles. The van der Waals surface area contributed by atoms with Crippen molar-refractivity contribution in [3.05, 3.63) is 139 Å². The normalized spacial score (nSPS) is 11.8. The van der Waals surface area contributed by atoms with Crippen LogP contribution in [0.3, 0.4) is 0 Å². The molecule has 3 aromatic heterocycles. The van der Waals surface area contributed by atoms with Crippen molar-refractivity contribution < 1.29 is 8.81 Å². The number of benzene rings is 6. The van der Waals surface area contributed by atoms with Crippen LogP contribution in [-0.2, 0) is 0 Å². The van der Waals surface area contributed by atoms with Crippen LogP contribution >= 0.6 is 0 Å². The van der Waals surface area contributed by atoms with Crippen LogP contribution in [0.1, 0.15) is 0 Å². The number of nitrogens with zero attached hydrogens (tertiary/aromatic N) is 3. The monoisotopic (exact) mass is 555 g/mol. The van der Waals surface area contributed by atoms with Gasteiger partial charge in [0.25, 0.3) is 0 Å². The van der Waals surface area contributed by atoms with Crippen LogP contribution < -0.4 is 0 Å². The molecule has 6 aromatic carbocycles. The average molecular weight is 556 g/mol. The number of rotatable bonds is 3. The van der Waals surface area contributed by atoms with E-state index in [1.165, 1.54) is 12.1 Å². The van der Waals surface area contributed by atoms with E-state index in [0.29, 0.717) is 5.95 Å². The molecule has 0 aliphatic heterocycles. The topological polar surface area (TPSA) is 43.9 Å². The van der Waals surface area contributed by atoms with Crippen molar-refractivity contribution in [1.29, 1.82) is 0 Å². The van der Waals surface area contributed by atoms with Gasteiger partial charge in [-0.3, -0.25) is 4.57 Å². The minimum Gasteiger partial charge on any atom is -0.456 e. The van der Waals surface area contributed by atoms with Crippen molar-refractivity contribution in [2.45, 2.75) is 0 Å². The minimum absolute atomic E-state index is 0.279. The van der Waals surface area contributed by atoms with E-state index in [1.54, 1.807) is 12.1 Å². The molecule has 0 radical (unpaired) electrons. The Kier molecular flexibility index (Phi) is 5.05. The molecule has 3 heterocycles. The Bertz CT molecular complexity index is 2520. The lowest BCUT2D eigenvalue weighted by atomic mass is 10.0. The fourth-order valence-corrected chi connectivity index (χ4v) is 6.26. The zero-order valence-electron chi connectivity index (χ0n) is 22.8. The summed E-state index contributed by atoms with van der Waals surface area (Å²) >= 11 is 0. The van der Waals surface area contributed by atoms with E-state index in [2.05, 4.69) is 59.2 Å². The van der Waals surface area contributed by atoms with Crippen molar-refractivity contribution in [1.82, 2.24) is 14.5 Å². The summed E-state index contributed by atoms with van der Waals surface area (Å²) in [6.07, 6.45) is 0. The Labute approximate surface area is 245 Å². The van der Waals surface area contributed by atoms with Crippen LogP contribution in [0.5, 0.6) is 0 Å². The summed E-state index contributed by atoms with van der Waals surface area (Å²) in [5, 5.41) is 5.36. The van der Waals surface area contributed by atoms with Gasteiger partial charge in [0, 0.05) is 32.5 Å². The van der Waals surface area contributed by atoms with Crippen LogP contribution in [0.25, 0.3) is 83.0 Å². The van der Waals surface area contributed by atoms with E-state index < -0.39 is 0 Å². The number of aromatic nitrogens is 3. The number of fused-ring (bicyclic) bond motifs is 7. The molecule has 4 nitrogen and oxygen atoms in total. The second-order valence-corrected chi connectivity index (χ2v) is 10.8. The number of hydrogen-bond acceptors (Lipinski definition) is 3. The first-order valence-corrected chi connectivity index (χ1v) is 14.2. The van der Waals surface area contributed by atoms with Crippen molar-refractivity contribution in [3.63, 3.8) is 0 Å². The van der Waals surface area contributed by atoms with E-state index in [-0.39, 0.29) is 5.82 Å². The first kappa shape index (κ1) is 23.9. The van der Waals surface area contributed by atoms with Crippen molar-refractivity contribution >= 4 is 54.6 Å². The molecule has 0 aliphatic carbocycles. The summed E-state index contributed by atoms with van der Waals surface area (Å²) in [5.41, 5.74) is 8.40. The van der Waals surface area contributed by atoms with E-state index in [0.717, 1.165) is 77.0 Å². The van der Waals surface area contributed by atoms with Crippen LogP contribution in [-0.4, -0.2) is 14.5 Å². The molecule has 5 heteroatoms. The largest absolute Gasteiger partial charge is 0.456 e. The molecule has 0 saturated heterocycles. The molecule has 0 amide bonds. The molecule has 0 bridgehead atoms. The van der Waals surface area contributed by atoms with Gasteiger partial charge in [0.2, 0.25) is 5.95 Å². The second-order valence-electron chi connectivity index (χ2n) is 10.8. The van der Waals surface area contributed by atoms with Gasteiger partial charge in [0.1, 0.15) is 17.0 Å². The fourth-order valence-electron chi connectivity index (χ4n) is 6.26. The van der Waals surface area contributed by atoms with Gasteiger partial charge in [0.15, 0.2) is 0 Å². The van der Waals surface area contributed by atoms with E-state index in [4.69, 9.17) is 14.4 Å². The maximum absolute atomic E-state index is 13.8. The summed E-state index contributed by atoms with van der Waals surface area (Å²) in [6, 6.07) is 43.9. The summed E-state index contributed by atoms with van der Waals surface area (Å²) in [6.45, 7) is 0. The fraction of sp³-hybridized carbons (Fsp3) is 0. The third-order valence-corrected chi connectivity index (χ3v) is 8.29. The Balaban J connectivity index is 1.31. The van der Waals surface area contributed by atoms with E-state index >= 15 is 0 Å². The van der Waals surface area contributed by atoms with Crippen molar-refractivity contribution in [3.8, 4) is 28.3 Å². The molecule has 0 aliphatic rings. The third kappa shape index (κ3) is 3.68. The molecule has 0 atom stereocenters. The molecule has 202 valence electrons. The third-order valence-electron chi connectivity index (χ3n) is 8.29. The van der Waals surface area contributed by atoms with Gasteiger partial charge in [-0.2, -0.15) is 0 Å². The summed E-state index contributed by atoms with van der Waals surface area (Å²) in [4.78, 5) is 10.2. The first-order valence-electron chi connectivity index (χ1n) is 14.2. The zero-order chi connectivity index (χ0) is 28.5. The van der Waals surface area contributed by atoms with E-state index in [1.807, 2.05) is 54.6 Å². The van der Waals surface area contributed by atoms with Gasteiger partial charge < -0.3 is 4.42 Å². The number of para-hydroxylation sites is 3. The maximum atomic E-state index is 13.8. The SMILES string of the molecule is Fc1ccc(-c2nc(-n3c4ccccc4c4ccc(-c5ccc6oc7ccccc7c6c5)cc43)nc3ccccc23)cc1. The number of furan rings is 1. The smallest absolute Gasteiger partial charge is 0.235 e. The quantitative estimate of drug-likeness (QED) is 0.218. The highest BCUT2D eigenvalue weighted by Crippen LogP contribution is 2.37. The number of hydrogen-bond donors (Lipinski definition) is 0. The summed E-state index contributed by atoms with van der Waals surface area (Å²) < 4.78 is 22.1. The maximum Gasteiger partial charge on any atom is 0.235 e. The van der Waals surface area contributed by atoms with Gasteiger partial charge in [-0.05, 0) is 71.8 Å². The molecule has 0 fully saturated rings. The summed E-state index contributed by atoms with van der Waals surface area (Å²) in [5.74, 6) is 0.288. The lowest BCUT2D eigenvalue weighted by molar-refractivity contribution is 0.628. The molecule has 43 heavy (non-hydrogen) atoms. The van der Waals surface area contributed by atoms with Crippen molar-refractivity contribution in [2.24, 2.45) is 0 Å². The Morgan fingerprint density at radius 3 is 2.02 bits per heavy atom. The predicted octanol–water partition coefficient (Wildman–Crippen LogP) is 10.1. The highest BCUT2D eigenvalue weighted by atomic mass is 19.1. The Hall–Kier alpha value is -5.81. The van der Waals surface area contributed by atoms with Crippen LogP contribution in [0.2, 0.25) is 0 Å². The molecular formula is C38H22FN3O. The standard InChI is InChI=1S/C38H22FN3O/c39-26-17-13-23(14-18-26)37-30-9-1-4-10-32(30)40-38(41-37)42-33-11-5-2-7-27(33)28-19-15-25(22-34(28)42)24-16-20-36-31(21-24)29-8-3-6-12-35(29)43-36/h1-22H. The van der Waals surface area contributed by atoms with Gasteiger partial charge in [0.05, 0.1) is 22.2 Å². The lowest BCUT2D eigenvalue weighted by Gasteiger charge is -2.12. The second kappa shape index (κ2) is 9.10. The zero-order valence-corrected chi connectivity index (χ0v) is 22.8.